The van der Waals surface area contributed by atoms with Gasteiger partial charge >= 0.3 is 0 Å². The fraction of sp³-hybridized carbons (Fsp3) is 0.643. The molecule has 0 aromatic carbocycles. The average Bonchev–Trinajstić information content (AvgIpc) is 2.26. The molecule has 0 saturated heterocycles. The van der Waals surface area contributed by atoms with Crippen molar-refractivity contribution in [2.75, 3.05) is 13.2 Å². The monoisotopic (exact) mass is 236 g/mol. The van der Waals surface area contributed by atoms with Crippen LogP contribution in [0.5, 0.6) is 5.88 Å². The Balaban J connectivity index is 2.35. The minimum atomic E-state index is 0.311. The Morgan fingerprint density at radius 1 is 1.29 bits per heavy atom. The Morgan fingerprint density at radius 3 is 2.59 bits per heavy atom. The van der Waals surface area contributed by atoms with Crippen molar-refractivity contribution in [1.29, 1.82) is 0 Å². The van der Waals surface area contributed by atoms with Crippen LogP contribution in [0.2, 0.25) is 0 Å². The van der Waals surface area contributed by atoms with Crippen molar-refractivity contribution < 1.29 is 4.74 Å². The van der Waals surface area contributed by atoms with Crippen LogP contribution in [0.3, 0.4) is 0 Å². The van der Waals surface area contributed by atoms with Crippen LogP contribution in [-0.2, 0) is 6.54 Å². The Hall–Kier alpha value is -1.09. The van der Waals surface area contributed by atoms with E-state index in [1.165, 1.54) is 5.56 Å². The standard InChI is InChI=1S/C14H24N2O/c1-5-15-10-12-6-7-13(16-11-12)17-9-8-14(2,3)4/h6-7,11,15H,5,8-10H2,1-4H3. The third-order valence-corrected chi connectivity index (χ3v) is 2.48. The summed E-state index contributed by atoms with van der Waals surface area (Å²) in [5.41, 5.74) is 1.50. The second kappa shape index (κ2) is 6.60. The molecule has 0 aliphatic carbocycles. The van der Waals surface area contributed by atoms with Gasteiger partial charge in [0.15, 0.2) is 0 Å². The summed E-state index contributed by atoms with van der Waals surface area (Å²) in [4.78, 5) is 4.29. The lowest BCUT2D eigenvalue weighted by Gasteiger charge is -2.17. The topological polar surface area (TPSA) is 34.1 Å². The van der Waals surface area contributed by atoms with Crippen molar-refractivity contribution in [3.63, 3.8) is 0 Å². The molecule has 1 aromatic rings. The molecule has 0 amide bonds. The number of nitrogens with zero attached hydrogens (tertiary/aromatic N) is 1. The summed E-state index contributed by atoms with van der Waals surface area (Å²) in [6.07, 6.45) is 2.91. The molecule has 0 saturated carbocycles. The molecule has 0 unspecified atom stereocenters. The van der Waals surface area contributed by atoms with Crippen molar-refractivity contribution in [3.05, 3.63) is 23.9 Å². The van der Waals surface area contributed by atoms with Crippen molar-refractivity contribution in [2.45, 2.75) is 40.7 Å². The van der Waals surface area contributed by atoms with E-state index in [1.54, 1.807) is 0 Å². The fourth-order valence-corrected chi connectivity index (χ4v) is 1.33. The number of pyridine rings is 1. The van der Waals surface area contributed by atoms with Gasteiger partial charge in [0.25, 0.3) is 0 Å². The lowest BCUT2D eigenvalue weighted by atomic mass is 9.93. The number of rotatable bonds is 6. The van der Waals surface area contributed by atoms with E-state index in [0.717, 1.165) is 32.0 Å². The lowest BCUT2D eigenvalue weighted by molar-refractivity contribution is 0.236. The van der Waals surface area contributed by atoms with E-state index in [1.807, 2.05) is 12.3 Å². The maximum Gasteiger partial charge on any atom is 0.213 e. The van der Waals surface area contributed by atoms with Crippen LogP contribution in [0.25, 0.3) is 0 Å². The Labute approximate surface area is 105 Å². The first-order valence-corrected chi connectivity index (χ1v) is 6.30. The normalized spacial score (nSPS) is 11.5. The Bertz CT molecular complexity index is 314. The van der Waals surface area contributed by atoms with Gasteiger partial charge in [0.05, 0.1) is 6.61 Å². The van der Waals surface area contributed by atoms with Crippen LogP contribution < -0.4 is 10.1 Å². The highest BCUT2D eigenvalue weighted by molar-refractivity contribution is 5.17. The van der Waals surface area contributed by atoms with Gasteiger partial charge in [-0.3, -0.25) is 0 Å². The molecule has 1 aromatic heterocycles. The van der Waals surface area contributed by atoms with Crippen molar-refractivity contribution in [2.24, 2.45) is 5.41 Å². The maximum atomic E-state index is 5.61. The van der Waals surface area contributed by atoms with E-state index >= 15 is 0 Å². The Morgan fingerprint density at radius 2 is 2.06 bits per heavy atom. The van der Waals surface area contributed by atoms with E-state index in [9.17, 15) is 0 Å². The fourth-order valence-electron chi connectivity index (χ4n) is 1.33. The smallest absolute Gasteiger partial charge is 0.213 e. The quantitative estimate of drug-likeness (QED) is 0.824. The summed E-state index contributed by atoms with van der Waals surface area (Å²) >= 11 is 0. The molecule has 96 valence electrons. The molecule has 3 nitrogen and oxygen atoms in total. The number of nitrogens with one attached hydrogen (secondary N) is 1. The van der Waals surface area contributed by atoms with Crippen LogP contribution in [0.4, 0.5) is 0 Å². The third-order valence-electron chi connectivity index (χ3n) is 2.48. The molecule has 0 spiro atoms. The largest absolute Gasteiger partial charge is 0.478 e. The van der Waals surface area contributed by atoms with Gasteiger partial charge in [-0.2, -0.15) is 0 Å². The van der Waals surface area contributed by atoms with Crippen LogP contribution in [0.15, 0.2) is 18.3 Å². The van der Waals surface area contributed by atoms with Gasteiger partial charge in [-0.05, 0) is 23.9 Å². The van der Waals surface area contributed by atoms with Crippen LogP contribution in [-0.4, -0.2) is 18.1 Å². The van der Waals surface area contributed by atoms with E-state index in [0.29, 0.717) is 5.41 Å². The highest BCUT2D eigenvalue weighted by Crippen LogP contribution is 2.18. The van der Waals surface area contributed by atoms with Crippen molar-refractivity contribution >= 4 is 0 Å². The minimum Gasteiger partial charge on any atom is -0.478 e. The third kappa shape index (κ3) is 6.27. The summed E-state index contributed by atoms with van der Waals surface area (Å²) in [6, 6.07) is 4.00. The summed E-state index contributed by atoms with van der Waals surface area (Å²) in [7, 11) is 0. The molecule has 0 atom stereocenters. The second-order valence-corrected chi connectivity index (χ2v) is 5.44. The van der Waals surface area contributed by atoms with Gasteiger partial charge in [0.2, 0.25) is 5.88 Å². The first-order valence-electron chi connectivity index (χ1n) is 6.30. The molecule has 1 N–H and O–H groups in total. The lowest BCUT2D eigenvalue weighted by Crippen LogP contribution is -2.13. The zero-order valence-electron chi connectivity index (χ0n) is 11.4. The van der Waals surface area contributed by atoms with Gasteiger partial charge in [-0.1, -0.05) is 33.8 Å². The molecule has 0 radical (unpaired) electrons. The van der Waals surface area contributed by atoms with Gasteiger partial charge in [0.1, 0.15) is 0 Å². The predicted molar refractivity (Wildman–Crippen MR) is 71.2 cm³/mol. The number of aromatic nitrogens is 1. The first kappa shape index (κ1) is 14.0. The van der Waals surface area contributed by atoms with E-state index < -0.39 is 0 Å². The zero-order chi connectivity index (χ0) is 12.7. The molecule has 0 bridgehead atoms. The highest BCUT2D eigenvalue weighted by Gasteiger charge is 2.09. The van der Waals surface area contributed by atoms with Crippen LogP contribution in [0, 0.1) is 5.41 Å². The maximum absolute atomic E-state index is 5.61. The molecule has 17 heavy (non-hydrogen) atoms. The van der Waals surface area contributed by atoms with E-state index in [2.05, 4.69) is 44.1 Å². The molecule has 0 aliphatic rings. The minimum absolute atomic E-state index is 0.311. The van der Waals surface area contributed by atoms with Gasteiger partial charge in [0, 0.05) is 18.8 Å². The molecule has 3 heteroatoms. The van der Waals surface area contributed by atoms with Crippen LogP contribution >= 0.6 is 0 Å². The first-order chi connectivity index (χ1) is 8.01. The van der Waals surface area contributed by atoms with Crippen molar-refractivity contribution in [3.8, 4) is 5.88 Å². The Kier molecular flexibility index (Phi) is 5.42. The molecule has 0 aliphatic heterocycles. The SMILES string of the molecule is CCNCc1ccc(OCCC(C)(C)C)nc1. The number of ether oxygens (including phenoxy) is 1. The molecular formula is C14H24N2O. The van der Waals surface area contributed by atoms with Gasteiger partial charge in [-0.25, -0.2) is 4.98 Å². The van der Waals surface area contributed by atoms with Crippen LogP contribution in [0.1, 0.15) is 39.7 Å². The molecular weight excluding hydrogens is 212 g/mol. The van der Waals surface area contributed by atoms with Crippen molar-refractivity contribution in [1.82, 2.24) is 10.3 Å². The predicted octanol–water partition coefficient (Wildman–Crippen LogP) is 3.01. The van der Waals surface area contributed by atoms with Gasteiger partial charge in [-0.15, -0.1) is 0 Å². The molecule has 1 rings (SSSR count). The summed E-state index contributed by atoms with van der Waals surface area (Å²) in [5, 5.41) is 3.27. The second-order valence-electron chi connectivity index (χ2n) is 5.44. The number of hydrogen-bond donors (Lipinski definition) is 1. The van der Waals surface area contributed by atoms with E-state index in [4.69, 9.17) is 4.74 Å². The molecule has 1 heterocycles. The zero-order valence-corrected chi connectivity index (χ0v) is 11.4. The average molecular weight is 236 g/mol. The number of hydrogen-bond acceptors (Lipinski definition) is 3. The highest BCUT2D eigenvalue weighted by atomic mass is 16.5. The summed E-state index contributed by atoms with van der Waals surface area (Å²) < 4.78 is 5.61. The molecule has 0 fully saturated rings. The summed E-state index contributed by atoms with van der Waals surface area (Å²) in [5.74, 6) is 0.717. The van der Waals surface area contributed by atoms with Gasteiger partial charge < -0.3 is 10.1 Å². The summed E-state index contributed by atoms with van der Waals surface area (Å²) in [6.45, 7) is 11.3. The van der Waals surface area contributed by atoms with E-state index in [-0.39, 0.29) is 0 Å².